The fraction of sp³-hybridized carbons (Fsp3) is 0.682. The van der Waals surface area contributed by atoms with E-state index in [-0.39, 0.29) is 18.0 Å². The summed E-state index contributed by atoms with van der Waals surface area (Å²) in [4.78, 5) is 12.4. The van der Waals surface area contributed by atoms with Gasteiger partial charge in [-0.1, -0.05) is 39.8 Å². The number of esters is 1. The van der Waals surface area contributed by atoms with Crippen molar-refractivity contribution in [2.75, 3.05) is 6.61 Å². The van der Waals surface area contributed by atoms with Gasteiger partial charge in [0.2, 0.25) is 0 Å². The Balaban J connectivity index is 1.57. The number of carbonyl (C=O) groups is 1. The van der Waals surface area contributed by atoms with E-state index in [0.29, 0.717) is 23.0 Å². The van der Waals surface area contributed by atoms with E-state index in [9.17, 15) is 4.79 Å². The Hall–Kier alpha value is -1.35. The minimum absolute atomic E-state index is 0.00879. The van der Waals surface area contributed by atoms with E-state index in [0.717, 1.165) is 38.7 Å². The van der Waals surface area contributed by atoms with Crippen LogP contribution in [0.1, 0.15) is 71.3 Å². The first-order valence-electron chi connectivity index (χ1n) is 9.79. The third kappa shape index (κ3) is 4.63. The summed E-state index contributed by atoms with van der Waals surface area (Å²) in [6.07, 6.45) is 5.43. The zero-order valence-corrected chi connectivity index (χ0v) is 16.1. The Kier molecular flexibility index (Phi) is 5.52. The van der Waals surface area contributed by atoms with Crippen molar-refractivity contribution in [1.82, 2.24) is 0 Å². The van der Waals surface area contributed by atoms with Crippen molar-refractivity contribution in [3.8, 4) is 5.75 Å². The fourth-order valence-electron chi connectivity index (χ4n) is 4.17. The maximum atomic E-state index is 12.4. The standard InChI is InChI=1S/C22H32O3/c1-5-15(13-22(2,3)4)16-8-10-19(11-9-16)25-21(23)17-6-7-18-14-24-20(18)12-17/h8-11,15,17-18,20H,5-7,12-14H2,1-4H3. The van der Waals surface area contributed by atoms with Crippen LogP contribution in [0.3, 0.4) is 0 Å². The van der Waals surface area contributed by atoms with E-state index in [4.69, 9.17) is 9.47 Å². The summed E-state index contributed by atoms with van der Waals surface area (Å²) in [7, 11) is 0. The molecule has 25 heavy (non-hydrogen) atoms. The van der Waals surface area contributed by atoms with Gasteiger partial charge in [0.15, 0.2) is 0 Å². The van der Waals surface area contributed by atoms with Crippen LogP contribution < -0.4 is 4.74 Å². The lowest BCUT2D eigenvalue weighted by Gasteiger charge is -2.42. The SMILES string of the molecule is CCC(CC(C)(C)C)c1ccc(OC(=O)C2CCC3COC3C2)cc1. The van der Waals surface area contributed by atoms with Gasteiger partial charge >= 0.3 is 5.97 Å². The van der Waals surface area contributed by atoms with Crippen LogP contribution in [-0.4, -0.2) is 18.7 Å². The lowest BCUT2D eigenvalue weighted by atomic mass is 9.77. The molecule has 3 nitrogen and oxygen atoms in total. The molecular formula is C22H32O3. The van der Waals surface area contributed by atoms with Crippen LogP contribution in [0.4, 0.5) is 0 Å². The van der Waals surface area contributed by atoms with E-state index in [1.54, 1.807) is 0 Å². The second-order valence-electron chi connectivity index (χ2n) is 9.00. The molecule has 1 aliphatic carbocycles. The van der Waals surface area contributed by atoms with E-state index in [2.05, 4.69) is 39.8 Å². The number of rotatable bonds is 5. The Bertz CT molecular complexity index is 584. The van der Waals surface area contributed by atoms with Gasteiger partial charge in [0.1, 0.15) is 5.75 Å². The van der Waals surface area contributed by atoms with E-state index in [1.165, 1.54) is 5.56 Å². The largest absolute Gasteiger partial charge is 0.426 e. The molecule has 1 aromatic carbocycles. The quantitative estimate of drug-likeness (QED) is 0.534. The van der Waals surface area contributed by atoms with Crippen LogP contribution in [0, 0.1) is 17.3 Å². The van der Waals surface area contributed by atoms with Gasteiger partial charge in [-0.25, -0.2) is 0 Å². The maximum absolute atomic E-state index is 12.4. The van der Waals surface area contributed by atoms with Crippen LogP contribution in [0.5, 0.6) is 5.75 Å². The first-order chi connectivity index (χ1) is 11.9. The third-order valence-electron chi connectivity index (χ3n) is 5.71. The van der Waals surface area contributed by atoms with Gasteiger partial charge in [0.25, 0.3) is 0 Å². The highest BCUT2D eigenvalue weighted by molar-refractivity contribution is 5.75. The summed E-state index contributed by atoms with van der Waals surface area (Å²) in [5.41, 5.74) is 1.65. The fourth-order valence-corrected chi connectivity index (χ4v) is 4.17. The molecular weight excluding hydrogens is 312 g/mol. The number of hydrogen-bond donors (Lipinski definition) is 0. The Labute approximate surface area is 152 Å². The number of carbonyl (C=O) groups excluding carboxylic acids is 1. The smallest absolute Gasteiger partial charge is 0.314 e. The third-order valence-corrected chi connectivity index (χ3v) is 5.71. The summed E-state index contributed by atoms with van der Waals surface area (Å²) in [5, 5.41) is 0. The van der Waals surface area contributed by atoms with Gasteiger partial charge in [0.05, 0.1) is 18.6 Å². The summed E-state index contributed by atoms with van der Waals surface area (Å²) in [6, 6.07) is 8.14. The Morgan fingerprint density at radius 3 is 2.48 bits per heavy atom. The normalized spacial score (nSPS) is 27.1. The van der Waals surface area contributed by atoms with Crippen molar-refractivity contribution >= 4 is 5.97 Å². The van der Waals surface area contributed by atoms with E-state index in [1.807, 2.05) is 12.1 Å². The van der Waals surface area contributed by atoms with Gasteiger partial charge in [0, 0.05) is 5.92 Å². The first-order valence-corrected chi connectivity index (χ1v) is 9.79. The summed E-state index contributed by atoms with van der Waals surface area (Å²) >= 11 is 0. The summed E-state index contributed by atoms with van der Waals surface area (Å²) in [5.74, 6) is 1.79. The van der Waals surface area contributed by atoms with Crippen molar-refractivity contribution < 1.29 is 14.3 Å². The van der Waals surface area contributed by atoms with Gasteiger partial charge < -0.3 is 9.47 Å². The van der Waals surface area contributed by atoms with Crippen LogP contribution in [0.15, 0.2) is 24.3 Å². The minimum atomic E-state index is -0.0940. The molecule has 1 saturated carbocycles. The molecule has 3 heteroatoms. The van der Waals surface area contributed by atoms with Crippen molar-refractivity contribution in [2.24, 2.45) is 17.3 Å². The molecule has 4 unspecified atom stereocenters. The monoisotopic (exact) mass is 344 g/mol. The lowest BCUT2D eigenvalue weighted by molar-refractivity contribution is -0.162. The molecule has 0 N–H and O–H groups in total. The van der Waals surface area contributed by atoms with E-state index >= 15 is 0 Å². The van der Waals surface area contributed by atoms with Crippen molar-refractivity contribution in [2.45, 2.75) is 71.8 Å². The van der Waals surface area contributed by atoms with Gasteiger partial charge in [-0.3, -0.25) is 4.79 Å². The van der Waals surface area contributed by atoms with Gasteiger partial charge in [-0.2, -0.15) is 0 Å². The minimum Gasteiger partial charge on any atom is -0.426 e. The van der Waals surface area contributed by atoms with Crippen LogP contribution >= 0.6 is 0 Å². The molecule has 1 saturated heterocycles. The average Bonchev–Trinajstić information content (AvgIpc) is 2.53. The van der Waals surface area contributed by atoms with Crippen molar-refractivity contribution in [3.63, 3.8) is 0 Å². The highest BCUT2D eigenvalue weighted by atomic mass is 16.5. The molecule has 1 aliphatic heterocycles. The topological polar surface area (TPSA) is 35.5 Å². The maximum Gasteiger partial charge on any atom is 0.314 e. The Morgan fingerprint density at radius 2 is 1.96 bits per heavy atom. The molecule has 3 rings (SSSR count). The molecule has 0 aromatic heterocycles. The molecule has 0 bridgehead atoms. The number of fused-ring (bicyclic) bond motifs is 1. The highest BCUT2D eigenvalue weighted by Crippen LogP contribution is 2.38. The predicted molar refractivity (Wildman–Crippen MR) is 99.8 cm³/mol. The Morgan fingerprint density at radius 1 is 1.24 bits per heavy atom. The number of hydrogen-bond acceptors (Lipinski definition) is 3. The van der Waals surface area contributed by atoms with Crippen molar-refractivity contribution in [1.29, 1.82) is 0 Å². The summed E-state index contributed by atoms with van der Waals surface area (Å²) in [6.45, 7) is 9.97. The van der Waals surface area contributed by atoms with Crippen LogP contribution in [-0.2, 0) is 9.53 Å². The number of ether oxygens (including phenoxy) is 2. The molecule has 2 aliphatic rings. The second-order valence-corrected chi connectivity index (χ2v) is 9.00. The van der Waals surface area contributed by atoms with Crippen LogP contribution in [0.2, 0.25) is 0 Å². The lowest BCUT2D eigenvalue weighted by Crippen LogP contribution is -2.46. The average molecular weight is 344 g/mol. The highest BCUT2D eigenvalue weighted by Gasteiger charge is 2.40. The molecule has 0 radical (unpaired) electrons. The molecule has 4 atom stereocenters. The van der Waals surface area contributed by atoms with Crippen LogP contribution in [0.25, 0.3) is 0 Å². The second kappa shape index (κ2) is 7.49. The summed E-state index contributed by atoms with van der Waals surface area (Å²) < 4.78 is 11.2. The number of benzene rings is 1. The predicted octanol–water partition coefficient (Wildman–Crippen LogP) is 5.34. The molecule has 0 amide bonds. The molecule has 138 valence electrons. The first kappa shape index (κ1) is 18.4. The zero-order valence-electron chi connectivity index (χ0n) is 16.1. The molecule has 1 heterocycles. The van der Waals surface area contributed by atoms with Gasteiger partial charge in [-0.15, -0.1) is 0 Å². The van der Waals surface area contributed by atoms with Gasteiger partial charge in [-0.05, 0) is 61.1 Å². The molecule has 0 spiro atoms. The zero-order chi connectivity index (χ0) is 18.0. The van der Waals surface area contributed by atoms with Crippen molar-refractivity contribution in [3.05, 3.63) is 29.8 Å². The van der Waals surface area contributed by atoms with E-state index < -0.39 is 0 Å². The molecule has 1 aromatic rings. The molecule has 2 fully saturated rings.